The number of nitriles is 1. The first-order valence-corrected chi connectivity index (χ1v) is 8.82. The third-order valence-corrected chi connectivity index (χ3v) is 3.75. The van der Waals surface area contributed by atoms with E-state index in [1.807, 2.05) is 6.07 Å². The number of rotatable bonds is 10. The van der Waals surface area contributed by atoms with Gasteiger partial charge >= 0.3 is 6.03 Å². The highest BCUT2D eigenvalue weighted by Crippen LogP contribution is 2.16. The van der Waals surface area contributed by atoms with Gasteiger partial charge in [0.25, 0.3) is 0 Å². The molecule has 8 nitrogen and oxygen atoms in total. The van der Waals surface area contributed by atoms with E-state index in [1.54, 1.807) is 55.6 Å². The van der Waals surface area contributed by atoms with Crippen LogP contribution in [0.3, 0.4) is 0 Å². The number of nitrogens with one attached hydrogen (secondary N) is 3. The lowest BCUT2D eigenvalue weighted by atomic mass is 10.2. The third-order valence-electron chi connectivity index (χ3n) is 3.75. The molecule has 0 fully saturated rings. The van der Waals surface area contributed by atoms with E-state index in [1.165, 1.54) is 0 Å². The molecular weight excluding hydrogens is 359 g/mol. The number of hydrogen-bond acceptors (Lipinski definition) is 6. The van der Waals surface area contributed by atoms with Crippen LogP contribution < -0.4 is 25.4 Å². The fourth-order valence-corrected chi connectivity index (χ4v) is 2.31. The number of benzene rings is 2. The van der Waals surface area contributed by atoms with Crippen LogP contribution in [-0.4, -0.2) is 50.6 Å². The Labute approximate surface area is 164 Å². The molecule has 0 heterocycles. The van der Waals surface area contributed by atoms with Crippen molar-refractivity contribution in [3.8, 4) is 17.6 Å². The summed E-state index contributed by atoms with van der Waals surface area (Å²) in [6, 6.07) is 15.6. The number of ether oxygens (including phenoxy) is 2. The highest BCUT2D eigenvalue weighted by molar-refractivity contribution is 5.89. The fourth-order valence-electron chi connectivity index (χ4n) is 2.31. The molecule has 0 saturated heterocycles. The Morgan fingerprint density at radius 3 is 2.64 bits per heavy atom. The highest BCUT2D eigenvalue weighted by Gasteiger charge is 2.08. The molecule has 0 aliphatic heterocycles. The Bertz CT molecular complexity index is 790. The Morgan fingerprint density at radius 2 is 1.93 bits per heavy atom. The minimum absolute atomic E-state index is 0.0665. The monoisotopic (exact) mass is 383 g/mol. The maximum Gasteiger partial charge on any atom is 0.319 e. The summed E-state index contributed by atoms with van der Waals surface area (Å²) in [7, 11) is 1.58. The van der Waals surface area contributed by atoms with Crippen molar-refractivity contribution >= 4 is 11.7 Å². The first-order valence-electron chi connectivity index (χ1n) is 8.82. The second-order valence-electron chi connectivity index (χ2n) is 5.89. The molecule has 0 aliphatic carbocycles. The molecule has 148 valence electrons. The Balaban J connectivity index is 1.57. The smallest absolute Gasteiger partial charge is 0.319 e. The Hall–Kier alpha value is -3.28. The average Bonchev–Trinajstić information content (AvgIpc) is 2.72. The van der Waals surface area contributed by atoms with Crippen molar-refractivity contribution in [2.24, 2.45) is 0 Å². The number of carbonyl (C=O) groups is 1. The van der Waals surface area contributed by atoms with Gasteiger partial charge < -0.3 is 30.5 Å². The van der Waals surface area contributed by atoms with Crippen molar-refractivity contribution in [3.63, 3.8) is 0 Å². The van der Waals surface area contributed by atoms with Gasteiger partial charge in [0, 0.05) is 25.3 Å². The molecule has 0 aromatic heterocycles. The Morgan fingerprint density at radius 1 is 1.18 bits per heavy atom. The summed E-state index contributed by atoms with van der Waals surface area (Å²) in [5.41, 5.74) is 1.09. The number of amides is 2. The molecule has 0 unspecified atom stereocenters. The van der Waals surface area contributed by atoms with E-state index >= 15 is 0 Å². The summed E-state index contributed by atoms with van der Waals surface area (Å²) in [6.45, 7) is 1.25. The first kappa shape index (κ1) is 21.0. The number of para-hydroxylation sites is 1. The molecule has 8 heteroatoms. The van der Waals surface area contributed by atoms with Crippen LogP contribution in [0, 0.1) is 11.3 Å². The van der Waals surface area contributed by atoms with Crippen molar-refractivity contribution in [1.29, 1.82) is 5.26 Å². The third kappa shape index (κ3) is 7.15. The zero-order chi connectivity index (χ0) is 20.2. The SMILES string of the molecule is [11CH3]Oc1ccc(NC(=O)NCCNC[C@H](O)COc2ccccc2C#N)cc1. The normalized spacial score (nSPS) is 11.2. The number of nitrogens with zero attached hydrogens (tertiary/aromatic N) is 1. The zero-order valence-electron chi connectivity index (χ0n) is 15.6. The molecule has 0 bridgehead atoms. The molecule has 2 amide bonds. The number of aliphatic hydroxyl groups is 1. The van der Waals surface area contributed by atoms with Gasteiger partial charge in [-0.3, -0.25) is 0 Å². The van der Waals surface area contributed by atoms with Gasteiger partial charge in [0.1, 0.15) is 30.3 Å². The molecule has 0 radical (unpaired) electrons. The predicted molar refractivity (Wildman–Crippen MR) is 106 cm³/mol. The molecule has 0 spiro atoms. The number of aliphatic hydroxyl groups excluding tert-OH is 1. The maximum absolute atomic E-state index is 11.8. The van der Waals surface area contributed by atoms with Crippen molar-refractivity contribution in [2.75, 3.05) is 38.7 Å². The van der Waals surface area contributed by atoms with Crippen molar-refractivity contribution in [2.45, 2.75) is 6.10 Å². The van der Waals surface area contributed by atoms with Crippen LogP contribution in [0.25, 0.3) is 0 Å². The van der Waals surface area contributed by atoms with Crippen LogP contribution >= 0.6 is 0 Å². The fraction of sp³-hybridized carbons (Fsp3) is 0.300. The minimum atomic E-state index is -0.736. The molecule has 4 N–H and O–H groups in total. The van der Waals surface area contributed by atoms with Crippen LogP contribution in [0.4, 0.5) is 10.5 Å². The maximum atomic E-state index is 11.8. The lowest BCUT2D eigenvalue weighted by Crippen LogP contribution is -2.38. The molecule has 2 rings (SSSR count). The van der Waals surface area contributed by atoms with E-state index in [9.17, 15) is 9.90 Å². The van der Waals surface area contributed by atoms with Gasteiger partial charge in [-0.05, 0) is 36.4 Å². The van der Waals surface area contributed by atoms with Gasteiger partial charge in [0.2, 0.25) is 0 Å². The molecular formula is C20H24N4O4. The first-order chi connectivity index (χ1) is 13.6. The van der Waals surface area contributed by atoms with Gasteiger partial charge in [0.05, 0.1) is 12.7 Å². The molecule has 2 aromatic rings. The van der Waals surface area contributed by atoms with Gasteiger partial charge in [-0.15, -0.1) is 0 Å². The second kappa shape index (κ2) is 11.4. The van der Waals surface area contributed by atoms with Crippen molar-refractivity contribution in [3.05, 3.63) is 54.1 Å². The lowest BCUT2D eigenvalue weighted by Gasteiger charge is -2.14. The van der Waals surface area contributed by atoms with Crippen molar-refractivity contribution < 1.29 is 19.4 Å². The van der Waals surface area contributed by atoms with E-state index in [0.717, 1.165) is 0 Å². The number of methoxy groups -OCH3 is 1. The van der Waals surface area contributed by atoms with Crippen molar-refractivity contribution in [1.82, 2.24) is 10.6 Å². The predicted octanol–water partition coefficient (Wildman–Crippen LogP) is 1.72. The summed E-state index contributed by atoms with van der Waals surface area (Å²) in [5.74, 6) is 1.16. The van der Waals surface area contributed by atoms with Crippen LogP contribution in [-0.2, 0) is 0 Å². The van der Waals surface area contributed by atoms with Gasteiger partial charge in [-0.1, -0.05) is 12.1 Å². The molecule has 0 saturated carbocycles. The molecule has 2 aromatic carbocycles. The average molecular weight is 383 g/mol. The second-order valence-corrected chi connectivity index (χ2v) is 5.89. The quantitative estimate of drug-likeness (QED) is 0.464. The van der Waals surface area contributed by atoms with E-state index in [0.29, 0.717) is 42.4 Å². The number of hydrogen-bond donors (Lipinski definition) is 4. The van der Waals surface area contributed by atoms with Crippen LogP contribution in [0.15, 0.2) is 48.5 Å². The number of carbonyl (C=O) groups excluding carboxylic acids is 1. The zero-order valence-corrected chi connectivity index (χ0v) is 15.6. The van der Waals surface area contributed by atoms with Crippen LogP contribution in [0.2, 0.25) is 0 Å². The molecule has 0 aliphatic rings. The van der Waals surface area contributed by atoms with Gasteiger partial charge in [-0.2, -0.15) is 5.26 Å². The largest absolute Gasteiger partial charge is 0.497 e. The summed E-state index contributed by atoms with van der Waals surface area (Å²) in [4.78, 5) is 11.8. The minimum Gasteiger partial charge on any atom is -0.497 e. The van der Waals surface area contributed by atoms with Crippen LogP contribution in [0.5, 0.6) is 11.5 Å². The standard InChI is InChI=1S/C20H24N4O4/c1-27-18-8-6-16(7-9-18)24-20(26)23-11-10-22-13-17(25)14-28-19-5-3-2-4-15(19)12-21/h2-9,17,22,25H,10-11,13-14H2,1H3,(H2,23,24,26)/t17-/m0/s1/i1-1. The van der Waals surface area contributed by atoms with E-state index < -0.39 is 6.10 Å². The van der Waals surface area contributed by atoms with Gasteiger partial charge in [-0.25, -0.2) is 4.79 Å². The van der Waals surface area contributed by atoms with E-state index in [2.05, 4.69) is 16.0 Å². The summed E-state index contributed by atoms with van der Waals surface area (Å²) < 4.78 is 10.5. The summed E-state index contributed by atoms with van der Waals surface area (Å²) in [6.07, 6.45) is -0.736. The highest BCUT2D eigenvalue weighted by atomic mass is 16.5. The summed E-state index contributed by atoms with van der Waals surface area (Å²) >= 11 is 0. The van der Waals surface area contributed by atoms with E-state index in [-0.39, 0.29) is 12.6 Å². The number of anilines is 1. The topological polar surface area (TPSA) is 116 Å². The van der Waals surface area contributed by atoms with Crippen LogP contribution in [0.1, 0.15) is 5.56 Å². The number of urea groups is 1. The summed E-state index contributed by atoms with van der Waals surface area (Å²) in [5, 5.41) is 27.4. The molecule has 28 heavy (non-hydrogen) atoms. The van der Waals surface area contributed by atoms with E-state index in [4.69, 9.17) is 14.7 Å². The Kier molecular flexibility index (Phi) is 8.59. The lowest BCUT2D eigenvalue weighted by molar-refractivity contribution is 0.106. The molecule has 1 atom stereocenters. The van der Waals surface area contributed by atoms with Gasteiger partial charge in [0.15, 0.2) is 0 Å².